The molecule has 0 saturated carbocycles. The van der Waals surface area contributed by atoms with Gasteiger partial charge in [0, 0.05) is 10.7 Å². The Morgan fingerprint density at radius 2 is 1.72 bits per heavy atom. The lowest BCUT2D eigenvalue weighted by Gasteiger charge is -2.08. The summed E-state index contributed by atoms with van der Waals surface area (Å²) < 4.78 is 26.4. The maximum Gasteiger partial charge on any atom is 0.261 e. The first-order chi connectivity index (χ1) is 8.47. The number of benzene rings is 2. The molecule has 6 heteroatoms. The number of hydrogen-bond acceptors (Lipinski definition) is 3. The second-order valence-corrected chi connectivity index (χ2v) is 5.73. The Labute approximate surface area is 110 Å². The van der Waals surface area contributed by atoms with Crippen LogP contribution in [-0.4, -0.2) is 13.5 Å². The third kappa shape index (κ3) is 2.94. The normalized spacial score (nSPS) is 11.2. The van der Waals surface area contributed by atoms with Gasteiger partial charge in [-0.15, -0.1) is 0 Å². The smallest absolute Gasteiger partial charge is 0.261 e. The van der Waals surface area contributed by atoms with Gasteiger partial charge in [-0.1, -0.05) is 17.7 Å². The number of anilines is 1. The van der Waals surface area contributed by atoms with Crippen molar-refractivity contribution in [3.63, 3.8) is 0 Å². The third-order valence-corrected chi connectivity index (χ3v) is 3.84. The maximum atomic E-state index is 12.0. The van der Waals surface area contributed by atoms with E-state index in [0.29, 0.717) is 10.7 Å². The Balaban J connectivity index is 2.30. The van der Waals surface area contributed by atoms with Crippen LogP contribution in [0.1, 0.15) is 0 Å². The van der Waals surface area contributed by atoms with Crippen LogP contribution >= 0.6 is 11.6 Å². The summed E-state index contributed by atoms with van der Waals surface area (Å²) in [7, 11) is -3.66. The van der Waals surface area contributed by atoms with E-state index in [9.17, 15) is 8.42 Å². The van der Waals surface area contributed by atoms with Crippen LogP contribution < -0.4 is 4.72 Å². The molecule has 2 rings (SSSR count). The fraction of sp³-hybridized carbons (Fsp3) is 0. The quantitative estimate of drug-likeness (QED) is 0.851. The van der Waals surface area contributed by atoms with Gasteiger partial charge in [0.15, 0.2) is 0 Å². The number of aromatic hydroxyl groups is 1. The van der Waals surface area contributed by atoms with Gasteiger partial charge in [0.25, 0.3) is 10.0 Å². The molecule has 94 valence electrons. The maximum absolute atomic E-state index is 12.0. The van der Waals surface area contributed by atoms with Crippen LogP contribution in [0.25, 0.3) is 0 Å². The summed E-state index contributed by atoms with van der Waals surface area (Å²) in [5.74, 6) is 0.0701. The van der Waals surface area contributed by atoms with Crippen molar-refractivity contribution in [1.82, 2.24) is 0 Å². The van der Waals surface area contributed by atoms with Gasteiger partial charge in [-0.3, -0.25) is 4.72 Å². The minimum atomic E-state index is -3.66. The van der Waals surface area contributed by atoms with Crippen molar-refractivity contribution >= 4 is 27.3 Å². The van der Waals surface area contributed by atoms with Crippen LogP contribution in [0.3, 0.4) is 0 Å². The van der Waals surface area contributed by atoms with Crippen molar-refractivity contribution in [2.75, 3.05) is 4.72 Å². The zero-order chi connectivity index (χ0) is 13.2. The van der Waals surface area contributed by atoms with Crippen LogP contribution in [0.15, 0.2) is 53.4 Å². The van der Waals surface area contributed by atoms with E-state index in [-0.39, 0.29) is 10.6 Å². The lowest BCUT2D eigenvalue weighted by molar-refractivity contribution is 0.475. The number of nitrogens with one attached hydrogen (secondary N) is 1. The number of halogens is 1. The molecule has 0 spiro atoms. The summed E-state index contributed by atoms with van der Waals surface area (Å²) in [6, 6.07) is 11.7. The predicted octanol–water partition coefficient (Wildman–Crippen LogP) is 2.85. The molecule has 2 aromatic carbocycles. The van der Waals surface area contributed by atoms with Gasteiger partial charge < -0.3 is 5.11 Å². The molecule has 0 amide bonds. The van der Waals surface area contributed by atoms with Crippen molar-refractivity contribution in [2.24, 2.45) is 0 Å². The van der Waals surface area contributed by atoms with E-state index in [1.165, 1.54) is 36.4 Å². The number of phenolic OH excluding ortho intramolecular Hbond substituents is 1. The Hall–Kier alpha value is -1.72. The lowest BCUT2D eigenvalue weighted by atomic mass is 10.3. The van der Waals surface area contributed by atoms with E-state index >= 15 is 0 Å². The Bertz CT molecular complexity index is 653. The van der Waals surface area contributed by atoms with Crippen LogP contribution in [0.4, 0.5) is 5.69 Å². The lowest BCUT2D eigenvalue weighted by Crippen LogP contribution is -2.12. The van der Waals surface area contributed by atoms with Gasteiger partial charge in [0.1, 0.15) is 5.75 Å². The summed E-state index contributed by atoms with van der Waals surface area (Å²) in [6.45, 7) is 0. The Morgan fingerprint density at radius 3 is 2.33 bits per heavy atom. The fourth-order valence-corrected chi connectivity index (χ4v) is 2.74. The summed E-state index contributed by atoms with van der Waals surface area (Å²) in [5.41, 5.74) is 0.368. The minimum Gasteiger partial charge on any atom is -0.508 e. The molecule has 0 heterocycles. The van der Waals surface area contributed by atoms with E-state index < -0.39 is 10.0 Å². The van der Waals surface area contributed by atoms with Crippen molar-refractivity contribution < 1.29 is 13.5 Å². The highest BCUT2D eigenvalue weighted by Gasteiger charge is 2.14. The molecule has 4 nitrogen and oxygen atoms in total. The van der Waals surface area contributed by atoms with E-state index in [1.54, 1.807) is 12.1 Å². The van der Waals surface area contributed by atoms with Gasteiger partial charge >= 0.3 is 0 Å². The molecule has 0 fully saturated rings. The van der Waals surface area contributed by atoms with Gasteiger partial charge in [-0.25, -0.2) is 8.42 Å². The molecule has 18 heavy (non-hydrogen) atoms. The van der Waals surface area contributed by atoms with Gasteiger partial charge in [0.2, 0.25) is 0 Å². The van der Waals surface area contributed by atoms with Crippen LogP contribution in [0, 0.1) is 0 Å². The topological polar surface area (TPSA) is 66.4 Å². The Morgan fingerprint density at radius 1 is 1.06 bits per heavy atom. The van der Waals surface area contributed by atoms with Gasteiger partial charge in [-0.05, 0) is 42.5 Å². The van der Waals surface area contributed by atoms with E-state index in [2.05, 4.69) is 4.72 Å². The molecule has 0 unspecified atom stereocenters. The predicted molar refractivity (Wildman–Crippen MR) is 70.4 cm³/mol. The third-order valence-electron chi connectivity index (χ3n) is 2.23. The molecule has 2 N–H and O–H groups in total. The number of sulfonamides is 1. The van der Waals surface area contributed by atoms with E-state index in [1.807, 2.05) is 0 Å². The average molecular weight is 284 g/mol. The molecule has 0 atom stereocenters. The van der Waals surface area contributed by atoms with Gasteiger partial charge in [-0.2, -0.15) is 0 Å². The van der Waals surface area contributed by atoms with Crippen LogP contribution in [0.2, 0.25) is 5.02 Å². The first kappa shape index (κ1) is 12.7. The highest BCUT2D eigenvalue weighted by Crippen LogP contribution is 2.20. The Kier molecular flexibility index (Phi) is 3.45. The molecule has 0 aliphatic heterocycles. The number of hydrogen-bond donors (Lipinski definition) is 2. The average Bonchev–Trinajstić information content (AvgIpc) is 2.32. The summed E-state index contributed by atoms with van der Waals surface area (Å²) >= 11 is 5.75. The van der Waals surface area contributed by atoms with Crippen molar-refractivity contribution in [1.29, 1.82) is 0 Å². The number of phenols is 1. The molecule has 0 aliphatic carbocycles. The van der Waals surface area contributed by atoms with Crippen LogP contribution in [0.5, 0.6) is 5.75 Å². The van der Waals surface area contributed by atoms with E-state index in [4.69, 9.17) is 16.7 Å². The van der Waals surface area contributed by atoms with E-state index in [0.717, 1.165) is 0 Å². The second kappa shape index (κ2) is 4.88. The van der Waals surface area contributed by atoms with Crippen LogP contribution in [-0.2, 0) is 10.0 Å². The van der Waals surface area contributed by atoms with Crippen molar-refractivity contribution in [3.05, 3.63) is 53.6 Å². The molecule has 0 radical (unpaired) electrons. The zero-order valence-corrected chi connectivity index (χ0v) is 10.7. The molecular formula is C12H10ClNO3S. The molecular weight excluding hydrogens is 274 g/mol. The largest absolute Gasteiger partial charge is 0.508 e. The molecule has 2 aromatic rings. The first-order valence-electron chi connectivity index (χ1n) is 5.05. The van der Waals surface area contributed by atoms with Crippen molar-refractivity contribution in [3.8, 4) is 5.75 Å². The van der Waals surface area contributed by atoms with Crippen molar-refractivity contribution in [2.45, 2.75) is 4.90 Å². The molecule has 0 saturated heterocycles. The van der Waals surface area contributed by atoms with Gasteiger partial charge in [0.05, 0.1) is 4.90 Å². The second-order valence-electron chi connectivity index (χ2n) is 3.61. The summed E-state index contributed by atoms with van der Waals surface area (Å²) in [4.78, 5) is 0.0862. The fourth-order valence-electron chi connectivity index (χ4n) is 1.38. The minimum absolute atomic E-state index is 0.0701. The molecule has 0 aromatic heterocycles. The zero-order valence-electron chi connectivity index (χ0n) is 9.17. The highest BCUT2D eigenvalue weighted by molar-refractivity contribution is 7.92. The highest BCUT2D eigenvalue weighted by atomic mass is 35.5. The monoisotopic (exact) mass is 283 g/mol. The SMILES string of the molecule is O=S(=O)(Nc1ccc(O)cc1)c1cccc(Cl)c1. The number of rotatable bonds is 3. The first-order valence-corrected chi connectivity index (χ1v) is 6.91. The summed E-state index contributed by atoms with van der Waals surface area (Å²) in [5, 5.41) is 9.46. The standard InChI is InChI=1S/C12H10ClNO3S/c13-9-2-1-3-12(8-9)18(16,17)14-10-4-6-11(15)7-5-10/h1-8,14-15H. The molecule has 0 aliphatic rings. The summed E-state index contributed by atoms with van der Waals surface area (Å²) in [6.07, 6.45) is 0. The molecule has 0 bridgehead atoms.